The summed E-state index contributed by atoms with van der Waals surface area (Å²) < 4.78 is 6.73. The van der Waals surface area contributed by atoms with Crippen LogP contribution in [0.1, 0.15) is 29.0 Å². The number of rotatable bonds is 8. The summed E-state index contributed by atoms with van der Waals surface area (Å²) in [7, 11) is 1.73. The third kappa shape index (κ3) is 6.67. The first kappa shape index (κ1) is 23.6. The summed E-state index contributed by atoms with van der Waals surface area (Å²) in [4.78, 5) is 5.21. The smallest absolute Gasteiger partial charge is 0.191 e. The van der Waals surface area contributed by atoms with E-state index in [0.717, 1.165) is 15.8 Å². The van der Waals surface area contributed by atoms with E-state index in [-0.39, 0.29) is 24.0 Å². The van der Waals surface area contributed by atoms with Gasteiger partial charge >= 0.3 is 0 Å². The van der Waals surface area contributed by atoms with Crippen LogP contribution in [0.5, 0.6) is 0 Å². The molecule has 3 aromatic rings. The fourth-order valence-corrected chi connectivity index (χ4v) is 3.99. The second-order valence-electron chi connectivity index (χ2n) is 6.41. The number of hydrogen-bond acceptors (Lipinski definition) is 4. The van der Waals surface area contributed by atoms with Crippen LogP contribution in [0.4, 0.5) is 0 Å². The zero-order chi connectivity index (χ0) is 19.8. The normalized spacial score (nSPS) is 12.4. The lowest BCUT2D eigenvalue weighted by Gasteiger charge is -2.16. The van der Waals surface area contributed by atoms with Crippen molar-refractivity contribution < 1.29 is 9.84 Å². The Balaban J connectivity index is 0.00000300. The van der Waals surface area contributed by atoms with Gasteiger partial charge in [0.05, 0.1) is 6.61 Å². The van der Waals surface area contributed by atoms with Crippen molar-refractivity contribution in [1.82, 2.24) is 10.6 Å². The highest BCUT2D eigenvalue weighted by molar-refractivity contribution is 14.0. The summed E-state index contributed by atoms with van der Waals surface area (Å²) in [6.45, 7) is 4.33. The lowest BCUT2D eigenvalue weighted by molar-refractivity contribution is 0.133. The molecule has 0 spiro atoms. The van der Waals surface area contributed by atoms with Crippen LogP contribution in [0.2, 0.25) is 0 Å². The molecule has 1 atom stereocenters. The number of aliphatic hydroxyl groups excluding tert-OH is 1. The Labute approximate surface area is 193 Å². The zero-order valence-corrected chi connectivity index (χ0v) is 19.9. The predicted octanol–water partition coefficient (Wildman–Crippen LogP) is 4.45. The van der Waals surface area contributed by atoms with Gasteiger partial charge in [-0.3, -0.25) is 4.99 Å². The maximum Gasteiger partial charge on any atom is 0.191 e. The molecule has 156 valence electrons. The third-order valence-corrected chi connectivity index (χ3v) is 5.70. The minimum atomic E-state index is -0.582. The molecule has 0 saturated carbocycles. The van der Waals surface area contributed by atoms with E-state index in [9.17, 15) is 5.11 Å². The molecule has 7 heteroatoms. The van der Waals surface area contributed by atoms with Gasteiger partial charge in [0.25, 0.3) is 0 Å². The number of thiophene rings is 1. The topological polar surface area (TPSA) is 65.9 Å². The molecule has 3 rings (SSSR count). The number of nitrogens with one attached hydrogen (secondary N) is 2. The second kappa shape index (κ2) is 12.1. The monoisotopic (exact) mass is 525 g/mol. The Morgan fingerprint density at radius 3 is 2.55 bits per heavy atom. The van der Waals surface area contributed by atoms with Crippen LogP contribution in [0.25, 0.3) is 10.1 Å². The lowest BCUT2D eigenvalue weighted by Crippen LogP contribution is -2.39. The van der Waals surface area contributed by atoms with Crippen LogP contribution in [-0.2, 0) is 17.9 Å². The second-order valence-corrected chi connectivity index (χ2v) is 7.53. The molecule has 0 saturated heterocycles. The van der Waals surface area contributed by atoms with Crippen LogP contribution < -0.4 is 10.6 Å². The summed E-state index contributed by atoms with van der Waals surface area (Å²) >= 11 is 1.62. The van der Waals surface area contributed by atoms with Gasteiger partial charge in [-0.2, -0.15) is 0 Å². The highest BCUT2D eigenvalue weighted by Gasteiger charge is 2.12. The van der Waals surface area contributed by atoms with Gasteiger partial charge in [0.2, 0.25) is 0 Å². The maximum atomic E-state index is 10.5. The van der Waals surface area contributed by atoms with Crippen LogP contribution in [0.3, 0.4) is 0 Å². The summed E-state index contributed by atoms with van der Waals surface area (Å²) in [6.07, 6.45) is -0.582. The highest BCUT2D eigenvalue weighted by atomic mass is 127. The van der Waals surface area contributed by atoms with E-state index in [4.69, 9.17) is 4.74 Å². The molecule has 1 aromatic heterocycles. The Hall–Kier alpha value is -1.68. The molecule has 0 aliphatic rings. The van der Waals surface area contributed by atoms with E-state index >= 15 is 0 Å². The van der Waals surface area contributed by atoms with Gasteiger partial charge in [-0.1, -0.05) is 42.5 Å². The van der Waals surface area contributed by atoms with E-state index in [1.165, 1.54) is 10.3 Å². The van der Waals surface area contributed by atoms with Crippen molar-refractivity contribution in [2.45, 2.75) is 26.2 Å². The first-order valence-corrected chi connectivity index (χ1v) is 10.3. The van der Waals surface area contributed by atoms with Gasteiger partial charge in [-0.05, 0) is 35.6 Å². The average molecular weight is 525 g/mol. The first-order valence-electron chi connectivity index (χ1n) is 9.46. The maximum absolute atomic E-state index is 10.5. The van der Waals surface area contributed by atoms with Crippen molar-refractivity contribution in [2.24, 2.45) is 4.99 Å². The summed E-state index contributed by atoms with van der Waals surface area (Å²) in [5.41, 5.74) is 2.33. The molecule has 3 N–H and O–H groups in total. The summed E-state index contributed by atoms with van der Waals surface area (Å²) in [5, 5.41) is 18.2. The van der Waals surface area contributed by atoms with E-state index in [0.29, 0.717) is 32.3 Å². The van der Waals surface area contributed by atoms with E-state index in [1.807, 2.05) is 37.3 Å². The fourth-order valence-electron chi connectivity index (χ4n) is 2.94. The van der Waals surface area contributed by atoms with Crippen molar-refractivity contribution in [3.63, 3.8) is 0 Å². The number of hydrogen-bond donors (Lipinski definition) is 3. The molecule has 0 fully saturated rings. The van der Waals surface area contributed by atoms with Crippen molar-refractivity contribution >= 4 is 51.4 Å². The molecule has 0 aliphatic heterocycles. The molecule has 0 radical (unpaired) electrons. The largest absolute Gasteiger partial charge is 0.386 e. The van der Waals surface area contributed by atoms with Crippen molar-refractivity contribution in [3.05, 3.63) is 70.6 Å². The molecule has 29 heavy (non-hydrogen) atoms. The van der Waals surface area contributed by atoms with E-state index in [2.05, 4.69) is 39.9 Å². The number of fused-ring (bicyclic) bond motifs is 1. The number of benzene rings is 2. The lowest BCUT2D eigenvalue weighted by atomic mass is 10.1. The van der Waals surface area contributed by atoms with Gasteiger partial charge in [-0.15, -0.1) is 35.3 Å². The molecule has 1 heterocycles. The molecule has 0 bridgehead atoms. The zero-order valence-electron chi connectivity index (χ0n) is 16.7. The molecule has 1 unspecified atom stereocenters. The molecule has 0 aliphatic carbocycles. The van der Waals surface area contributed by atoms with Crippen molar-refractivity contribution in [2.75, 3.05) is 20.2 Å². The minimum Gasteiger partial charge on any atom is -0.386 e. The van der Waals surface area contributed by atoms with Crippen LogP contribution in [0.15, 0.2) is 59.6 Å². The summed E-state index contributed by atoms with van der Waals surface area (Å²) in [5.74, 6) is 0.659. The number of nitrogens with zero attached hydrogens (tertiary/aromatic N) is 1. The van der Waals surface area contributed by atoms with Crippen molar-refractivity contribution in [3.8, 4) is 0 Å². The van der Waals surface area contributed by atoms with Gasteiger partial charge in [-0.25, -0.2) is 0 Å². The van der Waals surface area contributed by atoms with Gasteiger partial charge < -0.3 is 20.5 Å². The number of aliphatic hydroxyl groups is 1. The quantitative estimate of drug-likeness (QED) is 0.231. The fraction of sp³-hybridized carbons (Fsp3) is 0.318. The molecule has 2 aromatic carbocycles. The standard InChI is InChI=1S/C22H27N3O2S.HI/c1-3-27-15-18-10-5-4-9-17(18)13-24-22(23-2)25-14-19(26)21-12-16-8-6-7-11-20(16)28-21;/h4-12,19,26H,3,13-15H2,1-2H3,(H2,23,24,25);1H. The Kier molecular flexibility index (Phi) is 9.86. The summed E-state index contributed by atoms with van der Waals surface area (Å²) in [6, 6.07) is 18.4. The Morgan fingerprint density at radius 2 is 1.83 bits per heavy atom. The molecular weight excluding hydrogens is 497 g/mol. The van der Waals surface area contributed by atoms with Crippen LogP contribution in [-0.4, -0.2) is 31.3 Å². The SMILES string of the molecule is CCOCc1ccccc1CNC(=NC)NCC(O)c1cc2ccccc2s1.I. The number of aliphatic imine (C=N–C) groups is 1. The van der Waals surface area contributed by atoms with Crippen LogP contribution in [0, 0.1) is 0 Å². The minimum absolute atomic E-state index is 0. The number of halogens is 1. The van der Waals surface area contributed by atoms with E-state index in [1.54, 1.807) is 18.4 Å². The van der Waals surface area contributed by atoms with Gasteiger partial charge in [0.15, 0.2) is 5.96 Å². The van der Waals surface area contributed by atoms with Crippen molar-refractivity contribution in [1.29, 1.82) is 0 Å². The first-order chi connectivity index (χ1) is 13.7. The molecular formula is C22H28IN3O2S. The predicted molar refractivity (Wildman–Crippen MR) is 132 cm³/mol. The third-order valence-electron chi connectivity index (χ3n) is 4.49. The molecule has 5 nitrogen and oxygen atoms in total. The van der Waals surface area contributed by atoms with Gasteiger partial charge in [0.1, 0.15) is 6.10 Å². The number of ether oxygens (including phenoxy) is 1. The Morgan fingerprint density at radius 1 is 1.10 bits per heavy atom. The number of guanidine groups is 1. The van der Waals surface area contributed by atoms with Crippen LogP contribution >= 0.6 is 35.3 Å². The highest BCUT2D eigenvalue weighted by Crippen LogP contribution is 2.29. The van der Waals surface area contributed by atoms with Gasteiger partial charge in [0, 0.05) is 36.3 Å². The molecule has 0 amide bonds. The average Bonchev–Trinajstić information content (AvgIpc) is 3.17. The van der Waals surface area contributed by atoms with E-state index < -0.39 is 6.10 Å². The Bertz CT molecular complexity index is 896.